The van der Waals surface area contributed by atoms with Crippen molar-refractivity contribution in [3.8, 4) is 0 Å². The molecule has 2 heterocycles. The summed E-state index contributed by atoms with van der Waals surface area (Å²) in [6, 6.07) is 18.1. The molecule has 2 unspecified atom stereocenters. The second-order valence-corrected chi connectivity index (χ2v) is 7.84. The molecule has 2 aliphatic heterocycles. The second kappa shape index (κ2) is 6.76. The van der Waals surface area contributed by atoms with E-state index in [0.29, 0.717) is 17.9 Å². The van der Waals surface area contributed by atoms with Crippen LogP contribution < -0.4 is 0 Å². The maximum absolute atomic E-state index is 13.2. The number of aryl methyl sites for hydroxylation is 2. The Labute approximate surface area is 150 Å². The lowest BCUT2D eigenvalue weighted by atomic mass is 9.82. The predicted molar refractivity (Wildman–Crippen MR) is 102 cm³/mol. The van der Waals surface area contributed by atoms with E-state index in [0.717, 1.165) is 36.1 Å². The highest BCUT2D eigenvalue weighted by atomic mass is 16.1. The lowest BCUT2D eigenvalue weighted by Crippen LogP contribution is -2.44. The Balaban J connectivity index is 1.51. The van der Waals surface area contributed by atoms with Crippen LogP contribution in [0.3, 0.4) is 0 Å². The molecule has 2 fully saturated rings. The molecule has 0 spiro atoms. The van der Waals surface area contributed by atoms with E-state index in [-0.39, 0.29) is 5.92 Å². The van der Waals surface area contributed by atoms with Crippen molar-refractivity contribution in [2.24, 2.45) is 5.92 Å². The minimum atomic E-state index is 0.198. The van der Waals surface area contributed by atoms with Crippen LogP contribution in [-0.4, -0.2) is 22.8 Å². The highest BCUT2D eigenvalue weighted by Crippen LogP contribution is 2.41. The summed E-state index contributed by atoms with van der Waals surface area (Å²) < 4.78 is 0. The first kappa shape index (κ1) is 16.5. The molecule has 0 aromatic heterocycles. The number of Topliss-reactive ketones (excluding diaryl/α,β-unsaturated/α-hetero) is 1. The fourth-order valence-corrected chi connectivity index (χ4v) is 4.95. The van der Waals surface area contributed by atoms with Gasteiger partial charge in [0, 0.05) is 30.1 Å². The first-order valence-corrected chi connectivity index (χ1v) is 9.53. The van der Waals surface area contributed by atoms with Crippen LogP contribution in [0.25, 0.3) is 0 Å². The summed E-state index contributed by atoms with van der Waals surface area (Å²) in [6.07, 6.45) is 4.54. The number of hydrogen-bond donors (Lipinski definition) is 0. The molecule has 2 bridgehead atoms. The Morgan fingerprint density at radius 1 is 0.920 bits per heavy atom. The van der Waals surface area contributed by atoms with Gasteiger partial charge < -0.3 is 0 Å². The zero-order valence-corrected chi connectivity index (χ0v) is 15.2. The lowest BCUT2D eigenvalue weighted by molar-refractivity contribution is 0.0677. The fourth-order valence-electron chi connectivity index (χ4n) is 4.95. The molecule has 2 aromatic carbocycles. The maximum atomic E-state index is 13.2. The summed E-state index contributed by atoms with van der Waals surface area (Å²) in [4.78, 5) is 15.9. The summed E-state index contributed by atoms with van der Waals surface area (Å²) in [7, 11) is 0. The number of carbonyl (C=O) groups is 1. The molecular weight excluding hydrogens is 306 g/mol. The van der Waals surface area contributed by atoms with Gasteiger partial charge >= 0.3 is 0 Å². The Kier molecular flexibility index (Phi) is 4.47. The van der Waals surface area contributed by atoms with E-state index in [9.17, 15) is 4.79 Å². The summed E-state index contributed by atoms with van der Waals surface area (Å²) in [5.74, 6) is 0.580. The topological polar surface area (TPSA) is 20.3 Å². The zero-order valence-electron chi connectivity index (χ0n) is 15.2. The third kappa shape index (κ3) is 3.16. The molecule has 0 N–H and O–H groups in total. The normalized spacial score (nSPS) is 25.9. The van der Waals surface area contributed by atoms with Crippen molar-refractivity contribution >= 4 is 5.78 Å². The molecule has 2 nitrogen and oxygen atoms in total. The van der Waals surface area contributed by atoms with Gasteiger partial charge in [-0.25, -0.2) is 0 Å². The number of piperidine rings is 1. The largest absolute Gasteiger partial charge is 0.294 e. The van der Waals surface area contributed by atoms with Crippen LogP contribution in [0.1, 0.15) is 52.7 Å². The van der Waals surface area contributed by atoms with Gasteiger partial charge in [-0.2, -0.15) is 0 Å². The minimum absolute atomic E-state index is 0.198. The fraction of sp³-hybridized carbons (Fsp3) is 0.435. The number of ketones is 1. The predicted octanol–water partition coefficient (Wildman–Crippen LogP) is 4.93. The number of nitrogens with zero attached hydrogens (tertiary/aromatic N) is 1. The van der Waals surface area contributed by atoms with Crippen LogP contribution in [0.15, 0.2) is 48.5 Å². The number of rotatable bonds is 4. The van der Waals surface area contributed by atoms with Gasteiger partial charge in [0.2, 0.25) is 0 Å². The maximum Gasteiger partial charge on any atom is 0.166 e. The van der Waals surface area contributed by atoms with Crippen molar-refractivity contribution < 1.29 is 4.79 Å². The summed E-state index contributed by atoms with van der Waals surface area (Å²) in [6.45, 7) is 5.17. The van der Waals surface area contributed by atoms with Crippen LogP contribution in [0.5, 0.6) is 0 Å². The number of benzene rings is 2. The smallest absolute Gasteiger partial charge is 0.166 e. The summed E-state index contributed by atoms with van der Waals surface area (Å²) in [5.41, 5.74) is 4.62. The molecule has 2 saturated heterocycles. The Morgan fingerprint density at radius 2 is 1.52 bits per heavy atom. The highest BCUT2D eigenvalue weighted by Gasteiger charge is 2.43. The third-order valence-corrected chi connectivity index (χ3v) is 6.19. The first-order valence-electron chi connectivity index (χ1n) is 9.53. The van der Waals surface area contributed by atoms with Gasteiger partial charge in [-0.05, 0) is 56.2 Å². The van der Waals surface area contributed by atoms with Crippen molar-refractivity contribution in [2.75, 3.05) is 0 Å². The zero-order chi connectivity index (χ0) is 17.4. The van der Waals surface area contributed by atoms with Gasteiger partial charge in [0.05, 0.1) is 0 Å². The van der Waals surface area contributed by atoms with Crippen LogP contribution in [0, 0.1) is 19.8 Å². The van der Waals surface area contributed by atoms with Crippen molar-refractivity contribution in [3.05, 3.63) is 70.8 Å². The summed E-state index contributed by atoms with van der Waals surface area (Å²) >= 11 is 0. The third-order valence-electron chi connectivity index (χ3n) is 6.19. The molecule has 2 aliphatic rings. The van der Waals surface area contributed by atoms with Crippen molar-refractivity contribution in [1.29, 1.82) is 0 Å². The number of carbonyl (C=O) groups excluding carboxylic acids is 1. The summed E-state index contributed by atoms with van der Waals surface area (Å²) in [5, 5.41) is 0. The lowest BCUT2D eigenvalue weighted by Gasteiger charge is -2.38. The molecule has 2 atom stereocenters. The Morgan fingerprint density at radius 3 is 2.12 bits per heavy atom. The van der Waals surface area contributed by atoms with Crippen LogP contribution in [0.2, 0.25) is 0 Å². The first-order chi connectivity index (χ1) is 12.1. The van der Waals surface area contributed by atoms with Crippen molar-refractivity contribution in [3.63, 3.8) is 0 Å². The Hall–Kier alpha value is -1.93. The minimum Gasteiger partial charge on any atom is -0.294 e. The monoisotopic (exact) mass is 333 g/mol. The van der Waals surface area contributed by atoms with E-state index >= 15 is 0 Å². The van der Waals surface area contributed by atoms with Crippen LogP contribution in [-0.2, 0) is 6.54 Å². The van der Waals surface area contributed by atoms with E-state index in [1.54, 1.807) is 0 Å². The standard InChI is InChI=1S/C23H27NO/c1-16-7-6-8-17(2)22(16)23(25)19-13-20-11-12-21(14-19)24(20)15-18-9-4-3-5-10-18/h3-10,19-21H,11-15H2,1-2H3. The van der Waals surface area contributed by atoms with Crippen LogP contribution >= 0.6 is 0 Å². The number of fused-ring (bicyclic) bond motifs is 2. The van der Waals surface area contributed by atoms with E-state index in [1.165, 1.54) is 18.4 Å². The molecule has 2 heteroatoms. The van der Waals surface area contributed by atoms with Gasteiger partial charge in [0.25, 0.3) is 0 Å². The van der Waals surface area contributed by atoms with Gasteiger partial charge in [0.1, 0.15) is 0 Å². The molecule has 0 saturated carbocycles. The average Bonchev–Trinajstić information content (AvgIpc) is 2.84. The number of hydrogen-bond acceptors (Lipinski definition) is 2. The SMILES string of the molecule is Cc1cccc(C)c1C(=O)C1CC2CCC(C1)N2Cc1ccccc1. The van der Waals surface area contributed by atoms with Crippen LogP contribution in [0.4, 0.5) is 0 Å². The highest BCUT2D eigenvalue weighted by molar-refractivity contribution is 6.00. The van der Waals surface area contributed by atoms with E-state index in [2.05, 4.69) is 61.2 Å². The molecule has 25 heavy (non-hydrogen) atoms. The van der Waals surface area contributed by atoms with Gasteiger partial charge in [-0.15, -0.1) is 0 Å². The molecule has 0 amide bonds. The van der Waals surface area contributed by atoms with E-state index in [1.807, 2.05) is 6.07 Å². The van der Waals surface area contributed by atoms with Gasteiger partial charge in [-0.3, -0.25) is 9.69 Å². The molecule has 2 aromatic rings. The van der Waals surface area contributed by atoms with Gasteiger partial charge in [-0.1, -0.05) is 48.5 Å². The Bertz CT molecular complexity index is 733. The molecule has 0 aliphatic carbocycles. The quantitative estimate of drug-likeness (QED) is 0.740. The second-order valence-electron chi connectivity index (χ2n) is 7.84. The average molecular weight is 333 g/mol. The van der Waals surface area contributed by atoms with E-state index < -0.39 is 0 Å². The van der Waals surface area contributed by atoms with Crippen molar-refractivity contribution in [2.45, 2.75) is 58.2 Å². The van der Waals surface area contributed by atoms with Crippen molar-refractivity contribution in [1.82, 2.24) is 4.90 Å². The molecule has 0 radical (unpaired) electrons. The van der Waals surface area contributed by atoms with Gasteiger partial charge in [0.15, 0.2) is 5.78 Å². The molecule has 130 valence electrons. The van der Waals surface area contributed by atoms with E-state index in [4.69, 9.17) is 0 Å². The molecule has 4 rings (SSSR count). The molecular formula is C23H27NO.